The van der Waals surface area contributed by atoms with Gasteiger partial charge in [0.1, 0.15) is 11.5 Å². The van der Waals surface area contributed by atoms with Crippen LogP contribution in [0.5, 0.6) is 5.75 Å². The highest BCUT2D eigenvalue weighted by Crippen LogP contribution is 2.26. The van der Waals surface area contributed by atoms with Gasteiger partial charge in [0, 0.05) is 16.1 Å². The second-order valence-electron chi connectivity index (χ2n) is 4.64. The van der Waals surface area contributed by atoms with Gasteiger partial charge >= 0.3 is 6.61 Å². The number of nitrogens with one attached hydrogen (secondary N) is 1. The van der Waals surface area contributed by atoms with Crippen molar-refractivity contribution >= 4 is 27.9 Å². The number of rotatable bonds is 6. The fraction of sp³-hybridized carbons (Fsp3) is 0.188. The number of amides is 1. The first-order chi connectivity index (χ1) is 11.0. The maximum atomic E-state index is 12.4. The Labute approximate surface area is 140 Å². The number of hydrogen-bond acceptors (Lipinski definition) is 3. The average Bonchev–Trinajstić information content (AvgIpc) is 3.01. The molecule has 0 aliphatic carbocycles. The lowest BCUT2D eigenvalue weighted by atomic mass is 10.2. The highest BCUT2D eigenvalue weighted by molar-refractivity contribution is 9.10. The van der Waals surface area contributed by atoms with Crippen LogP contribution in [0.15, 0.2) is 51.6 Å². The van der Waals surface area contributed by atoms with E-state index >= 15 is 0 Å². The highest BCUT2D eigenvalue weighted by atomic mass is 79.9. The molecule has 1 heterocycles. The third kappa shape index (κ3) is 5.21. The monoisotopic (exact) mass is 385 g/mol. The van der Waals surface area contributed by atoms with E-state index < -0.39 is 6.61 Å². The summed E-state index contributed by atoms with van der Waals surface area (Å²) < 4.78 is 35.1. The first kappa shape index (κ1) is 17.2. The fourth-order valence-corrected chi connectivity index (χ4v) is 2.27. The summed E-state index contributed by atoms with van der Waals surface area (Å²) in [5.41, 5.74) is 0.362. The van der Waals surface area contributed by atoms with Gasteiger partial charge in [-0.1, -0.05) is 15.9 Å². The van der Waals surface area contributed by atoms with Crippen LogP contribution >= 0.6 is 15.9 Å². The predicted molar refractivity (Wildman–Crippen MR) is 85.1 cm³/mol. The van der Waals surface area contributed by atoms with Gasteiger partial charge in [-0.05, 0) is 43.3 Å². The van der Waals surface area contributed by atoms with E-state index in [0.717, 1.165) is 0 Å². The van der Waals surface area contributed by atoms with Gasteiger partial charge in [0.05, 0.1) is 12.3 Å². The van der Waals surface area contributed by atoms with Crippen LogP contribution in [0.2, 0.25) is 0 Å². The van der Waals surface area contributed by atoms with Gasteiger partial charge in [0.25, 0.3) is 0 Å². The zero-order valence-electron chi connectivity index (χ0n) is 12.1. The molecule has 4 nitrogen and oxygen atoms in total. The van der Waals surface area contributed by atoms with Crippen molar-refractivity contribution in [3.05, 3.63) is 58.5 Å². The third-order valence-corrected chi connectivity index (χ3v) is 3.42. The van der Waals surface area contributed by atoms with E-state index in [1.165, 1.54) is 24.5 Å². The Hall–Kier alpha value is -2.15. The van der Waals surface area contributed by atoms with Crippen molar-refractivity contribution in [3.63, 3.8) is 0 Å². The van der Waals surface area contributed by atoms with E-state index in [0.29, 0.717) is 15.8 Å². The van der Waals surface area contributed by atoms with Gasteiger partial charge in [-0.2, -0.15) is 8.78 Å². The molecule has 1 unspecified atom stereocenters. The van der Waals surface area contributed by atoms with Crippen molar-refractivity contribution in [1.82, 2.24) is 5.32 Å². The molecule has 0 aliphatic rings. The predicted octanol–water partition coefficient (Wildman–Crippen LogP) is 4.53. The largest absolute Gasteiger partial charge is 0.467 e. The van der Waals surface area contributed by atoms with Crippen LogP contribution in [0, 0.1) is 0 Å². The van der Waals surface area contributed by atoms with Crippen LogP contribution in [0.4, 0.5) is 8.78 Å². The van der Waals surface area contributed by atoms with Crippen molar-refractivity contribution in [2.24, 2.45) is 0 Å². The number of carbonyl (C=O) groups excluding carboxylic acids is 1. The van der Waals surface area contributed by atoms with Gasteiger partial charge in [-0.3, -0.25) is 4.79 Å². The van der Waals surface area contributed by atoms with Gasteiger partial charge in [-0.15, -0.1) is 0 Å². The number of hydrogen-bond donors (Lipinski definition) is 1. The fourth-order valence-electron chi connectivity index (χ4n) is 1.89. The Kier molecular flexibility index (Phi) is 5.92. The Morgan fingerprint density at radius 2 is 2.17 bits per heavy atom. The third-order valence-electron chi connectivity index (χ3n) is 2.93. The van der Waals surface area contributed by atoms with E-state index in [1.807, 2.05) is 0 Å². The lowest BCUT2D eigenvalue weighted by Gasteiger charge is -2.10. The Morgan fingerprint density at radius 3 is 2.83 bits per heavy atom. The standard InChI is InChI=1S/C16H14BrF2NO3/c1-10(13-3-2-8-22-13)20-15(21)7-4-11-9-12(17)5-6-14(11)23-16(18)19/h2-10,16H,1H3,(H,20,21)/b7-4+. The highest BCUT2D eigenvalue weighted by Gasteiger charge is 2.11. The van der Waals surface area contributed by atoms with E-state index in [1.54, 1.807) is 31.2 Å². The SMILES string of the molecule is CC(NC(=O)/C=C/c1cc(Br)ccc1OC(F)F)c1ccco1. The van der Waals surface area contributed by atoms with E-state index in [2.05, 4.69) is 26.0 Å². The molecule has 0 bridgehead atoms. The second-order valence-corrected chi connectivity index (χ2v) is 5.56. The van der Waals surface area contributed by atoms with Crippen molar-refractivity contribution < 1.29 is 22.7 Å². The van der Waals surface area contributed by atoms with E-state index in [4.69, 9.17) is 4.42 Å². The summed E-state index contributed by atoms with van der Waals surface area (Å²) >= 11 is 3.25. The van der Waals surface area contributed by atoms with Crippen molar-refractivity contribution in [3.8, 4) is 5.75 Å². The first-order valence-corrected chi connectivity index (χ1v) is 7.51. The average molecular weight is 386 g/mol. The molecular weight excluding hydrogens is 372 g/mol. The lowest BCUT2D eigenvalue weighted by molar-refractivity contribution is -0.117. The van der Waals surface area contributed by atoms with Crippen LogP contribution in [0.1, 0.15) is 24.3 Å². The van der Waals surface area contributed by atoms with E-state index in [-0.39, 0.29) is 17.7 Å². The molecule has 1 aromatic heterocycles. The Morgan fingerprint density at radius 1 is 1.39 bits per heavy atom. The molecule has 7 heteroatoms. The number of benzene rings is 1. The number of ether oxygens (including phenoxy) is 1. The van der Waals surface area contributed by atoms with Crippen LogP contribution in [-0.4, -0.2) is 12.5 Å². The van der Waals surface area contributed by atoms with Gasteiger partial charge in [-0.25, -0.2) is 0 Å². The summed E-state index contributed by atoms with van der Waals surface area (Å²) in [6.07, 6.45) is 4.18. The molecule has 0 saturated carbocycles. The quantitative estimate of drug-likeness (QED) is 0.742. The molecule has 0 spiro atoms. The molecule has 2 rings (SSSR count). The zero-order valence-corrected chi connectivity index (χ0v) is 13.7. The molecule has 0 aliphatic heterocycles. The molecule has 1 amide bonds. The minimum atomic E-state index is -2.93. The van der Waals surface area contributed by atoms with Gasteiger partial charge in [0.15, 0.2) is 0 Å². The Bertz CT molecular complexity index is 687. The molecule has 0 saturated heterocycles. The molecule has 0 radical (unpaired) electrons. The summed E-state index contributed by atoms with van der Waals surface area (Å²) in [5, 5.41) is 2.71. The van der Waals surface area contributed by atoms with Crippen LogP contribution in [-0.2, 0) is 4.79 Å². The molecular formula is C16H14BrF2NO3. The smallest absolute Gasteiger partial charge is 0.387 e. The molecule has 2 aromatic rings. The normalized spacial score (nSPS) is 12.6. The number of furan rings is 1. The van der Waals surface area contributed by atoms with Crippen molar-refractivity contribution in [1.29, 1.82) is 0 Å². The summed E-state index contributed by atoms with van der Waals surface area (Å²) in [5.74, 6) is 0.235. The van der Waals surface area contributed by atoms with Crippen LogP contribution < -0.4 is 10.1 Å². The molecule has 23 heavy (non-hydrogen) atoms. The Balaban J connectivity index is 2.06. The first-order valence-electron chi connectivity index (χ1n) is 6.72. The van der Waals surface area contributed by atoms with Gasteiger partial charge in [0.2, 0.25) is 5.91 Å². The topological polar surface area (TPSA) is 51.5 Å². The van der Waals surface area contributed by atoms with Crippen molar-refractivity contribution in [2.45, 2.75) is 19.6 Å². The van der Waals surface area contributed by atoms with Crippen LogP contribution in [0.25, 0.3) is 6.08 Å². The van der Waals surface area contributed by atoms with Crippen molar-refractivity contribution in [2.75, 3.05) is 0 Å². The van der Waals surface area contributed by atoms with E-state index in [9.17, 15) is 13.6 Å². The van der Waals surface area contributed by atoms with Gasteiger partial charge < -0.3 is 14.5 Å². The molecule has 1 N–H and O–H groups in total. The summed E-state index contributed by atoms with van der Waals surface area (Å²) in [6.45, 7) is -1.16. The second kappa shape index (κ2) is 7.92. The molecule has 1 aromatic carbocycles. The molecule has 0 fully saturated rings. The lowest BCUT2D eigenvalue weighted by Crippen LogP contribution is -2.24. The maximum absolute atomic E-state index is 12.4. The van der Waals surface area contributed by atoms with Crippen LogP contribution in [0.3, 0.4) is 0 Å². The number of alkyl halides is 2. The summed E-state index contributed by atoms with van der Waals surface area (Å²) in [4.78, 5) is 11.9. The summed E-state index contributed by atoms with van der Waals surface area (Å²) in [7, 11) is 0. The molecule has 122 valence electrons. The number of halogens is 3. The maximum Gasteiger partial charge on any atom is 0.387 e. The minimum Gasteiger partial charge on any atom is -0.467 e. The summed E-state index contributed by atoms with van der Waals surface area (Å²) in [6, 6.07) is 7.73. The molecule has 1 atom stereocenters. The minimum absolute atomic E-state index is 0.00802. The number of carbonyl (C=O) groups is 1. The zero-order chi connectivity index (χ0) is 16.8.